The van der Waals surface area contributed by atoms with E-state index in [4.69, 9.17) is 5.11 Å². The standard InChI is InChI=1S/C7H17NO/c1-4-8-7(2,3)5-6-9/h8-9H,4-6H2,1-3H3. The van der Waals surface area contributed by atoms with Gasteiger partial charge in [-0.05, 0) is 26.8 Å². The van der Waals surface area contributed by atoms with E-state index in [1.54, 1.807) is 0 Å². The highest BCUT2D eigenvalue weighted by atomic mass is 16.3. The van der Waals surface area contributed by atoms with Crippen LogP contribution in [-0.4, -0.2) is 23.8 Å². The van der Waals surface area contributed by atoms with Crippen molar-refractivity contribution < 1.29 is 5.11 Å². The lowest BCUT2D eigenvalue weighted by atomic mass is 10.0. The molecule has 0 aromatic carbocycles. The van der Waals surface area contributed by atoms with Gasteiger partial charge in [0.1, 0.15) is 0 Å². The minimum Gasteiger partial charge on any atom is -0.396 e. The van der Waals surface area contributed by atoms with Gasteiger partial charge in [-0.3, -0.25) is 0 Å². The minimum atomic E-state index is 0.101. The third-order valence-corrected chi connectivity index (χ3v) is 1.39. The van der Waals surface area contributed by atoms with Crippen molar-refractivity contribution in [3.63, 3.8) is 0 Å². The van der Waals surface area contributed by atoms with Gasteiger partial charge >= 0.3 is 0 Å². The largest absolute Gasteiger partial charge is 0.396 e. The van der Waals surface area contributed by atoms with E-state index >= 15 is 0 Å². The van der Waals surface area contributed by atoms with Crippen LogP contribution in [0.1, 0.15) is 27.2 Å². The molecule has 9 heavy (non-hydrogen) atoms. The van der Waals surface area contributed by atoms with Crippen molar-refractivity contribution in [3.05, 3.63) is 0 Å². The molecule has 0 aliphatic rings. The minimum absolute atomic E-state index is 0.101. The van der Waals surface area contributed by atoms with Crippen LogP contribution >= 0.6 is 0 Å². The fourth-order valence-corrected chi connectivity index (χ4v) is 0.846. The molecule has 0 fully saturated rings. The zero-order valence-electron chi connectivity index (χ0n) is 6.57. The van der Waals surface area contributed by atoms with Gasteiger partial charge < -0.3 is 10.4 Å². The van der Waals surface area contributed by atoms with Crippen LogP contribution in [-0.2, 0) is 0 Å². The highest BCUT2D eigenvalue weighted by Gasteiger charge is 2.13. The van der Waals surface area contributed by atoms with Crippen LogP contribution in [0, 0.1) is 0 Å². The normalized spacial score (nSPS) is 12.0. The van der Waals surface area contributed by atoms with E-state index in [1.165, 1.54) is 0 Å². The van der Waals surface area contributed by atoms with E-state index in [1.807, 2.05) is 0 Å². The molecular weight excluding hydrogens is 114 g/mol. The lowest BCUT2D eigenvalue weighted by molar-refractivity contribution is 0.233. The Morgan fingerprint density at radius 3 is 2.33 bits per heavy atom. The van der Waals surface area contributed by atoms with Crippen molar-refractivity contribution in [2.75, 3.05) is 13.2 Å². The Balaban J connectivity index is 3.43. The Kier molecular flexibility index (Phi) is 3.82. The summed E-state index contributed by atoms with van der Waals surface area (Å²) in [5.74, 6) is 0. The summed E-state index contributed by atoms with van der Waals surface area (Å²) in [5.41, 5.74) is 0.101. The smallest absolute Gasteiger partial charge is 0.0448 e. The van der Waals surface area contributed by atoms with Crippen LogP contribution < -0.4 is 5.32 Å². The number of hydrogen-bond acceptors (Lipinski definition) is 2. The topological polar surface area (TPSA) is 32.3 Å². The van der Waals surface area contributed by atoms with Crippen LogP contribution in [0.2, 0.25) is 0 Å². The van der Waals surface area contributed by atoms with E-state index in [2.05, 4.69) is 26.1 Å². The second-order valence-corrected chi connectivity index (χ2v) is 2.89. The lowest BCUT2D eigenvalue weighted by Crippen LogP contribution is -2.39. The number of rotatable bonds is 4. The first kappa shape index (κ1) is 8.92. The molecule has 0 aliphatic heterocycles. The molecule has 0 heterocycles. The molecule has 0 atom stereocenters. The van der Waals surface area contributed by atoms with Gasteiger partial charge in [-0.2, -0.15) is 0 Å². The summed E-state index contributed by atoms with van der Waals surface area (Å²) in [7, 11) is 0. The first-order chi connectivity index (χ1) is 4.12. The van der Waals surface area contributed by atoms with Gasteiger partial charge in [0.05, 0.1) is 0 Å². The maximum atomic E-state index is 8.59. The van der Waals surface area contributed by atoms with Gasteiger partial charge in [0.15, 0.2) is 0 Å². The summed E-state index contributed by atoms with van der Waals surface area (Å²) < 4.78 is 0. The Morgan fingerprint density at radius 2 is 2.00 bits per heavy atom. The van der Waals surface area contributed by atoms with Gasteiger partial charge in [-0.1, -0.05) is 6.92 Å². The third-order valence-electron chi connectivity index (χ3n) is 1.39. The molecule has 0 saturated carbocycles. The van der Waals surface area contributed by atoms with Crippen molar-refractivity contribution in [2.45, 2.75) is 32.7 Å². The molecule has 0 aliphatic carbocycles. The predicted molar refractivity (Wildman–Crippen MR) is 39.5 cm³/mol. The van der Waals surface area contributed by atoms with E-state index < -0.39 is 0 Å². The van der Waals surface area contributed by atoms with Gasteiger partial charge in [0.25, 0.3) is 0 Å². The first-order valence-corrected chi connectivity index (χ1v) is 3.48. The van der Waals surface area contributed by atoms with Crippen LogP contribution in [0.4, 0.5) is 0 Å². The third kappa shape index (κ3) is 4.43. The predicted octanol–water partition coefficient (Wildman–Crippen LogP) is 0.757. The molecule has 2 nitrogen and oxygen atoms in total. The number of hydrogen-bond donors (Lipinski definition) is 2. The Labute approximate surface area is 57.3 Å². The fourth-order valence-electron chi connectivity index (χ4n) is 0.846. The molecule has 0 aromatic heterocycles. The van der Waals surface area contributed by atoms with Gasteiger partial charge in [0, 0.05) is 12.1 Å². The number of nitrogens with one attached hydrogen (secondary N) is 1. The van der Waals surface area contributed by atoms with Crippen molar-refractivity contribution in [2.24, 2.45) is 0 Å². The van der Waals surface area contributed by atoms with Crippen LogP contribution in [0.25, 0.3) is 0 Å². The Morgan fingerprint density at radius 1 is 1.44 bits per heavy atom. The highest BCUT2D eigenvalue weighted by Crippen LogP contribution is 2.05. The van der Waals surface area contributed by atoms with Gasteiger partial charge in [-0.25, -0.2) is 0 Å². The van der Waals surface area contributed by atoms with Crippen LogP contribution in [0.3, 0.4) is 0 Å². The number of aliphatic hydroxyl groups excluding tert-OH is 1. The fraction of sp³-hybridized carbons (Fsp3) is 1.00. The Hall–Kier alpha value is -0.0800. The van der Waals surface area contributed by atoms with Crippen LogP contribution in [0.15, 0.2) is 0 Å². The molecule has 0 saturated heterocycles. The molecule has 0 rings (SSSR count). The summed E-state index contributed by atoms with van der Waals surface area (Å²) in [6.45, 7) is 7.48. The first-order valence-electron chi connectivity index (χ1n) is 3.48. The molecule has 0 spiro atoms. The SMILES string of the molecule is CCNC(C)(C)CCO. The Bertz CT molecular complexity index is 63.3. The zero-order valence-corrected chi connectivity index (χ0v) is 6.57. The summed E-state index contributed by atoms with van der Waals surface area (Å²) in [6.07, 6.45) is 0.820. The van der Waals surface area contributed by atoms with E-state index in [0.29, 0.717) is 0 Å². The summed E-state index contributed by atoms with van der Waals surface area (Å²) in [5, 5.41) is 11.9. The molecule has 56 valence electrons. The molecule has 2 N–H and O–H groups in total. The van der Waals surface area contributed by atoms with E-state index in [0.717, 1.165) is 13.0 Å². The summed E-state index contributed by atoms with van der Waals surface area (Å²) >= 11 is 0. The highest BCUT2D eigenvalue weighted by molar-refractivity contribution is 4.75. The summed E-state index contributed by atoms with van der Waals surface area (Å²) in [6, 6.07) is 0. The molecule has 0 amide bonds. The van der Waals surface area contributed by atoms with Gasteiger partial charge in [0.2, 0.25) is 0 Å². The second-order valence-electron chi connectivity index (χ2n) is 2.89. The van der Waals surface area contributed by atoms with Crippen molar-refractivity contribution in [3.8, 4) is 0 Å². The summed E-state index contributed by atoms with van der Waals surface area (Å²) in [4.78, 5) is 0. The van der Waals surface area contributed by atoms with E-state index in [9.17, 15) is 0 Å². The quantitative estimate of drug-likeness (QED) is 0.590. The molecular formula is C7H17NO. The molecule has 0 aromatic rings. The van der Waals surface area contributed by atoms with Crippen molar-refractivity contribution >= 4 is 0 Å². The monoisotopic (exact) mass is 131 g/mol. The molecule has 2 heteroatoms. The molecule has 0 bridgehead atoms. The molecule has 0 unspecified atom stereocenters. The second kappa shape index (κ2) is 3.85. The van der Waals surface area contributed by atoms with Crippen molar-refractivity contribution in [1.82, 2.24) is 5.32 Å². The maximum Gasteiger partial charge on any atom is 0.0448 e. The number of aliphatic hydroxyl groups is 1. The average Bonchev–Trinajstić information content (AvgIpc) is 1.64. The van der Waals surface area contributed by atoms with Crippen LogP contribution in [0.5, 0.6) is 0 Å². The zero-order chi connectivity index (χ0) is 7.33. The lowest BCUT2D eigenvalue weighted by Gasteiger charge is -2.24. The average molecular weight is 131 g/mol. The molecule has 0 radical (unpaired) electrons. The van der Waals surface area contributed by atoms with Crippen molar-refractivity contribution in [1.29, 1.82) is 0 Å². The van der Waals surface area contributed by atoms with E-state index in [-0.39, 0.29) is 12.1 Å². The maximum absolute atomic E-state index is 8.59. The van der Waals surface area contributed by atoms with Gasteiger partial charge in [-0.15, -0.1) is 0 Å².